The largest absolute Gasteiger partial charge is 0.493 e. The fraction of sp³-hybridized carbons (Fsp3) is 0.600. The van der Waals surface area contributed by atoms with Crippen molar-refractivity contribution < 1.29 is 9.84 Å². The van der Waals surface area contributed by atoms with Gasteiger partial charge in [-0.1, -0.05) is 18.2 Å². The molecule has 2 aliphatic rings. The summed E-state index contributed by atoms with van der Waals surface area (Å²) in [6, 6.07) is 8.17. The zero-order valence-electron chi connectivity index (χ0n) is 10.6. The molecule has 3 nitrogen and oxygen atoms in total. The topological polar surface area (TPSA) is 55.5 Å². The molecular weight excluding hydrogens is 226 g/mol. The van der Waals surface area contributed by atoms with Gasteiger partial charge in [0.25, 0.3) is 0 Å². The summed E-state index contributed by atoms with van der Waals surface area (Å²) in [4.78, 5) is 0. The fourth-order valence-corrected chi connectivity index (χ4v) is 3.09. The van der Waals surface area contributed by atoms with Crippen molar-refractivity contribution in [2.24, 2.45) is 11.7 Å². The van der Waals surface area contributed by atoms with Crippen LogP contribution in [0.15, 0.2) is 24.3 Å². The van der Waals surface area contributed by atoms with Gasteiger partial charge in [0.1, 0.15) is 5.75 Å². The number of nitrogens with two attached hydrogens (primary N) is 1. The summed E-state index contributed by atoms with van der Waals surface area (Å²) in [6.07, 6.45) is 4.00. The highest BCUT2D eigenvalue weighted by atomic mass is 16.5. The van der Waals surface area contributed by atoms with Gasteiger partial charge in [-0.05, 0) is 49.1 Å². The zero-order valence-corrected chi connectivity index (χ0v) is 10.6. The van der Waals surface area contributed by atoms with Crippen molar-refractivity contribution in [2.75, 3.05) is 13.2 Å². The molecule has 1 aromatic carbocycles. The molecule has 0 saturated heterocycles. The molecule has 1 aromatic rings. The lowest BCUT2D eigenvalue weighted by Gasteiger charge is -2.34. The number of hydrogen-bond donors (Lipinski definition) is 2. The van der Waals surface area contributed by atoms with Gasteiger partial charge in [-0.2, -0.15) is 0 Å². The highest BCUT2D eigenvalue weighted by Crippen LogP contribution is 2.46. The number of benzene rings is 1. The molecule has 2 atom stereocenters. The van der Waals surface area contributed by atoms with Gasteiger partial charge < -0.3 is 15.6 Å². The van der Waals surface area contributed by atoms with Crippen LogP contribution < -0.4 is 10.5 Å². The van der Waals surface area contributed by atoms with Crippen LogP contribution in [0.5, 0.6) is 5.75 Å². The molecule has 98 valence electrons. The molecule has 1 fully saturated rings. The predicted octanol–water partition coefficient (Wildman–Crippen LogP) is 2.04. The highest BCUT2D eigenvalue weighted by molar-refractivity contribution is 5.38. The van der Waals surface area contributed by atoms with Crippen LogP contribution in [-0.2, 0) is 0 Å². The van der Waals surface area contributed by atoms with Crippen molar-refractivity contribution in [3.05, 3.63) is 29.8 Å². The maximum Gasteiger partial charge on any atom is 0.122 e. The van der Waals surface area contributed by atoms with Gasteiger partial charge in [-0.25, -0.2) is 0 Å². The van der Waals surface area contributed by atoms with E-state index in [1.54, 1.807) is 0 Å². The second-order valence-corrected chi connectivity index (χ2v) is 5.66. The molecule has 1 aliphatic heterocycles. The van der Waals surface area contributed by atoms with Crippen molar-refractivity contribution in [3.8, 4) is 5.75 Å². The second-order valence-electron chi connectivity index (χ2n) is 5.66. The Balaban J connectivity index is 1.81. The summed E-state index contributed by atoms with van der Waals surface area (Å²) in [6.45, 7) is 1.12. The molecule has 3 rings (SSSR count). The van der Waals surface area contributed by atoms with Crippen LogP contribution in [0.1, 0.15) is 37.2 Å². The molecule has 3 heteroatoms. The van der Waals surface area contributed by atoms with Crippen LogP contribution in [0.3, 0.4) is 0 Å². The zero-order chi connectivity index (χ0) is 12.6. The van der Waals surface area contributed by atoms with Gasteiger partial charge in [-0.3, -0.25) is 0 Å². The minimum atomic E-state index is -0.672. The molecule has 18 heavy (non-hydrogen) atoms. The van der Waals surface area contributed by atoms with E-state index in [0.717, 1.165) is 38.0 Å². The first-order chi connectivity index (χ1) is 8.73. The van der Waals surface area contributed by atoms with E-state index >= 15 is 0 Å². The lowest BCUT2D eigenvalue weighted by Crippen LogP contribution is -2.42. The van der Waals surface area contributed by atoms with Gasteiger partial charge in [0.05, 0.1) is 12.2 Å². The van der Waals surface area contributed by atoms with Crippen molar-refractivity contribution in [2.45, 2.75) is 37.2 Å². The normalized spacial score (nSPS) is 26.0. The van der Waals surface area contributed by atoms with Gasteiger partial charge in [0.15, 0.2) is 0 Å². The summed E-state index contributed by atoms with van der Waals surface area (Å²) in [5.74, 6) is 1.77. The fourth-order valence-electron chi connectivity index (χ4n) is 3.09. The van der Waals surface area contributed by atoms with E-state index in [2.05, 4.69) is 6.07 Å². The van der Waals surface area contributed by atoms with Gasteiger partial charge in [0.2, 0.25) is 0 Å². The standard InChI is InChI=1S/C15H21NO2/c16-10-15(17,12-5-6-12)9-11-7-8-18-14-4-2-1-3-13(11)14/h1-4,11-12,17H,5-10,16H2. The van der Waals surface area contributed by atoms with Crippen LogP contribution in [-0.4, -0.2) is 23.9 Å². The first-order valence-corrected chi connectivity index (χ1v) is 6.87. The van der Waals surface area contributed by atoms with Crippen LogP contribution in [0.4, 0.5) is 0 Å². The maximum atomic E-state index is 10.7. The number of rotatable bonds is 4. The van der Waals surface area contributed by atoms with E-state index in [9.17, 15) is 5.11 Å². The van der Waals surface area contributed by atoms with Crippen molar-refractivity contribution in [1.82, 2.24) is 0 Å². The SMILES string of the molecule is NCC(O)(CC1CCOc2ccccc21)C1CC1. The van der Waals surface area contributed by atoms with Crippen LogP contribution >= 0.6 is 0 Å². The van der Waals surface area contributed by atoms with Crippen molar-refractivity contribution >= 4 is 0 Å². The number of aliphatic hydroxyl groups is 1. The Morgan fingerprint density at radius 2 is 2.06 bits per heavy atom. The lowest BCUT2D eigenvalue weighted by molar-refractivity contribution is 0.00747. The second kappa shape index (κ2) is 4.56. The molecule has 3 N–H and O–H groups in total. The quantitative estimate of drug-likeness (QED) is 0.856. The molecule has 0 bridgehead atoms. The summed E-state index contributed by atoms with van der Waals surface area (Å²) >= 11 is 0. The first-order valence-electron chi connectivity index (χ1n) is 6.87. The van der Waals surface area contributed by atoms with Crippen LogP contribution in [0.2, 0.25) is 0 Å². The average Bonchev–Trinajstić information content (AvgIpc) is 3.24. The Bertz CT molecular complexity index is 430. The highest BCUT2D eigenvalue weighted by Gasteiger charge is 2.44. The Morgan fingerprint density at radius 3 is 2.78 bits per heavy atom. The summed E-state index contributed by atoms with van der Waals surface area (Å²) in [7, 11) is 0. The number of ether oxygens (including phenoxy) is 1. The molecule has 1 heterocycles. The Morgan fingerprint density at radius 1 is 1.28 bits per heavy atom. The number of fused-ring (bicyclic) bond motifs is 1. The van der Waals surface area contributed by atoms with Crippen molar-refractivity contribution in [1.29, 1.82) is 0 Å². The maximum absolute atomic E-state index is 10.7. The van der Waals surface area contributed by atoms with E-state index in [0.29, 0.717) is 18.4 Å². The number of hydrogen-bond acceptors (Lipinski definition) is 3. The summed E-state index contributed by atoms with van der Waals surface area (Å²) in [5, 5.41) is 10.7. The van der Waals surface area contributed by atoms with Crippen molar-refractivity contribution in [3.63, 3.8) is 0 Å². The van der Waals surface area contributed by atoms with E-state index in [4.69, 9.17) is 10.5 Å². The molecule has 0 spiro atoms. The smallest absolute Gasteiger partial charge is 0.122 e. The Hall–Kier alpha value is -1.06. The molecule has 2 unspecified atom stereocenters. The minimum absolute atomic E-state index is 0.372. The molecule has 0 amide bonds. The van der Waals surface area contributed by atoms with Gasteiger partial charge in [0, 0.05) is 6.54 Å². The number of para-hydroxylation sites is 1. The van der Waals surface area contributed by atoms with Gasteiger partial charge >= 0.3 is 0 Å². The monoisotopic (exact) mass is 247 g/mol. The van der Waals surface area contributed by atoms with E-state index in [-0.39, 0.29) is 0 Å². The molecule has 1 saturated carbocycles. The molecule has 1 aliphatic carbocycles. The Kier molecular flexibility index (Phi) is 3.04. The summed E-state index contributed by atoms with van der Waals surface area (Å²) in [5.41, 5.74) is 6.37. The first kappa shape index (κ1) is 12.0. The van der Waals surface area contributed by atoms with Gasteiger partial charge in [-0.15, -0.1) is 0 Å². The minimum Gasteiger partial charge on any atom is -0.493 e. The summed E-state index contributed by atoms with van der Waals surface area (Å²) < 4.78 is 5.67. The van der Waals surface area contributed by atoms with E-state index < -0.39 is 5.60 Å². The molecule has 0 aromatic heterocycles. The molecular formula is C15H21NO2. The third-order valence-corrected chi connectivity index (χ3v) is 4.37. The average molecular weight is 247 g/mol. The third-order valence-electron chi connectivity index (χ3n) is 4.37. The van der Waals surface area contributed by atoms with E-state index in [1.165, 1.54) is 5.56 Å². The third kappa shape index (κ3) is 2.13. The Labute approximate surface area is 108 Å². The molecule has 0 radical (unpaired) electrons. The van der Waals surface area contributed by atoms with Crippen LogP contribution in [0, 0.1) is 5.92 Å². The van der Waals surface area contributed by atoms with E-state index in [1.807, 2.05) is 18.2 Å². The lowest BCUT2D eigenvalue weighted by atomic mass is 9.80. The van der Waals surface area contributed by atoms with Crippen LogP contribution in [0.25, 0.3) is 0 Å². The predicted molar refractivity (Wildman–Crippen MR) is 70.6 cm³/mol.